The van der Waals surface area contributed by atoms with Crippen molar-refractivity contribution in [1.82, 2.24) is 5.32 Å². The molecule has 1 unspecified atom stereocenters. The third kappa shape index (κ3) is 2.33. The molecular formula is C14H17N3O2. The molecule has 3 rings (SSSR count). The number of fused-ring (bicyclic) bond motifs is 1. The predicted molar refractivity (Wildman–Crippen MR) is 71.5 cm³/mol. The molecular weight excluding hydrogens is 242 g/mol. The predicted octanol–water partition coefficient (Wildman–Crippen LogP) is 0.559. The molecule has 2 aliphatic rings. The van der Waals surface area contributed by atoms with E-state index in [0.29, 0.717) is 5.92 Å². The van der Waals surface area contributed by atoms with Gasteiger partial charge in [0.15, 0.2) is 0 Å². The van der Waals surface area contributed by atoms with Gasteiger partial charge >= 0.3 is 0 Å². The first-order chi connectivity index (χ1) is 9.16. The van der Waals surface area contributed by atoms with Crippen LogP contribution in [0.3, 0.4) is 0 Å². The average molecular weight is 259 g/mol. The number of hydrogen-bond donors (Lipinski definition) is 2. The van der Waals surface area contributed by atoms with Gasteiger partial charge in [-0.1, -0.05) is 18.2 Å². The third-order valence-electron chi connectivity index (χ3n) is 3.72. The highest BCUT2D eigenvalue weighted by Gasteiger charge is 2.33. The summed E-state index contributed by atoms with van der Waals surface area (Å²) in [5.74, 6) is 0.152. The molecule has 1 atom stereocenters. The summed E-state index contributed by atoms with van der Waals surface area (Å²) in [7, 11) is 0. The summed E-state index contributed by atoms with van der Waals surface area (Å²) in [6.07, 6.45) is 2.36. The zero-order valence-corrected chi connectivity index (χ0v) is 10.6. The molecule has 19 heavy (non-hydrogen) atoms. The maximum absolute atomic E-state index is 12.2. The van der Waals surface area contributed by atoms with Gasteiger partial charge in [-0.25, -0.2) is 0 Å². The van der Waals surface area contributed by atoms with Gasteiger partial charge in [-0.05, 0) is 24.8 Å². The standard InChI is InChI=1S/C14H17N3O2/c15-14(19)13-10-3-1-2-4-11(10)17(8-9-5-6-9)12(18)7-16-13/h1-4,9,13,16H,5-8H2,(H2,15,19). The van der Waals surface area contributed by atoms with E-state index < -0.39 is 11.9 Å². The first-order valence-electron chi connectivity index (χ1n) is 6.59. The number of carbonyl (C=O) groups is 2. The second-order valence-electron chi connectivity index (χ2n) is 5.22. The minimum atomic E-state index is -0.593. The van der Waals surface area contributed by atoms with E-state index in [9.17, 15) is 9.59 Å². The quantitative estimate of drug-likeness (QED) is 0.832. The first-order valence-corrected chi connectivity index (χ1v) is 6.59. The van der Waals surface area contributed by atoms with Crippen molar-refractivity contribution >= 4 is 17.5 Å². The third-order valence-corrected chi connectivity index (χ3v) is 3.72. The van der Waals surface area contributed by atoms with Gasteiger partial charge in [0.25, 0.3) is 0 Å². The Morgan fingerprint density at radius 1 is 1.37 bits per heavy atom. The molecule has 0 aromatic heterocycles. The van der Waals surface area contributed by atoms with Crippen LogP contribution in [0.4, 0.5) is 5.69 Å². The molecule has 0 saturated heterocycles. The van der Waals surface area contributed by atoms with Gasteiger partial charge in [0.2, 0.25) is 11.8 Å². The van der Waals surface area contributed by atoms with E-state index in [-0.39, 0.29) is 12.5 Å². The summed E-state index contributed by atoms with van der Waals surface area (Å²) in [6, 6.07) is 6.90. The molecule has 0 bridgehead atoms. The molecule has 1 aliphatic carbocycles. The van der Waals surface area contributed by atoms with Crippen molar-refractivity contribution in [3.8, 4) is 0 Å². The molecule has 1 aromatic rings. The number of nitrogens with zero attached hydrogens (tertiary/aromatic N) is 1. The Bertz CT molecular complexity index is 525. The Hall–Kier alpha value is -1.88. The van der Waals surface area contributed by atoms with Crippen molar-refractivity contribution in [3.63, 3.8) is 0 Å². The molecule has 1 aliphatic heterocycles. The molecule has 1 fully saturated rings. The molecule has 2 amide bonds. The summed E-state index contributed by atoms with van der Waals surface area (Å²) in [6.45, 7) is 0.887. The summed E-state index contributed by atoms with van der Waals surface area (Å²) >= 11 is 0. The lowest BCUT2D eigenvalue weighted by molar-refractivity contribution is -0.120. The Morgan fingerprint density at radius 2 is 2.11 bits per heavy atom. The highest BCUT2D eigenvalue weighted by Crippen LogP contribution is 2.35. The fourth-order valence-electron chi connectivity index (χ4n) is 2.52. The monoisotopic (exact) mass is 259 g/mol. The van der Waals surface area contributed by atoms with Crippen LogP contribution < -0.4 is 16.0 Å². The van der Waals surface area contributed by atoms with Gasteiger partial charge in [0.05, 0.1) is 6.54 Å². The van der Waals surface area contributed by atoms with Crippen LogP contribution in [-0.4, -0.2) is 24.9 Å². The number of carbonyl (C=O) groups excluding carboxylic acids is 2. The Kier molecular flexibility index (Phi) is 2.98. The summed E-state index contributed by atoms with van der Waals surface area (Å²) < 4.78 is 0. The Morgan fingerprint density at radius 3 is 2.79 bits per heavy atom. The topological polar surface area (TPSA) is 75.4 Å². The summed E-state index contributed by atoms with van der Waals surface area (Å²) in [4.78, 5) is 25.6. The van der Waals surface area contributed by atoms with Crippen LogP contribution in [0.5, 0.6) is 0 Å². The van der Waals surface area contributed by atoms with Gasteiger partial charge < -0.3 is 10.6 Å². The van der Waals surface area contributed by atoms with Crippen LogP contribution in [0.2, 0.25) is 0 Å². The van der Waals surface area contributed by atoms with Crippen molar-refractivity contribution in [3.05, 3.63) is 29.8 Å². The molecule has 0 spiro atoms. The lowest BCUT2D eigenvalue weighted by Gasteiger charge is -2.23. The van der Waals surface area contributed by atoms with Gasteiger partial charge in [0.1, 0.15) is 6.04 Å². The number of amides is 2. The Labute approximate surface area is 111 Å². The van der Waals surface area contributed by atoms with Crippen LogP contribution in [0.25, 0.3) is 0 Å². The van der Waals surface area contributed by atoms with Crippen LogP contribution >= 0.6 is 0 Å². The second kappa shape index (κ2) is 4.66. The minimum Gasteiger partial charge on any atom is -0.368 e. The van der Waals surface area contributed by atoms with Crippen molar-refractivity contribution < 1.29 is 9.59 Å². The van der Waals surface area contributed by atoms with E-state index >= 15 is 0 Å². The fourth-order valence-corrected chi connectivity index (χ4v) is 2.52. The van der Waals surface area contributed by atoms with Gasteiger partial charge in [-0.2, -0.15) is 0 Å². The van der Waals surface area contributed by atoms with E-state index in [4.69, 9.17) is 5.73 Å². The number of rotatable bonds is 3. The van der Waals surface area contributed by atoms with Gasteiger partial charge in [0, 0.05) is 17.8 Å². The van der Waals surface area contributed by atoms with Crippen LogP contribution in [0.1, 0.15) is 24.4 Å². The molecule has 1 saturated carbocycles. The van der Waals surface area contributed by atoms with Crippen molar-refractivity contribution in [2.45, 2.75) is 18.9 Å². The van der Waals surface area contributed by atoms with Crippen molar-refractivity contribution in [2.24, 2.45) is 11.7 Å². The summed E-state index contributed by atoms with van der Waals surface area (Å²) in [5, 5.41) is 2.94. The highest BCUT2D eigenvalue weighted by atomic mass is 16.2. The van der Waals surface area contributed by atoms with E-state index in [1.54, 1.807) is 4.90 Å². The van der Waals surface area contributed by atoms with Crippen LogP contribution in [0.15, 0.2) is 24.3 Å². The molecule has 100 valence electrons. The number of para-hydroxylation sites is 1. The van der Waals surface area contributed by atoms with Crippen LogP contribution in [0, 0.1) is 5.92 Å². The van der Waals surface area contributed by atoms with E-state index in [0.717, 1.165) is 17.8 Å². The highest BCUT2D eigenvalue weighted by molar-refractivity contribution is 5.98. The second-order valence-corrected chi connectivity index (χ2v) is 5.22. The van der Waals surface area contributed by atoms with Gasteiger partial charge in [-0.15, -0.1) is 0 Å². The van der Waals surface area contributed by atoms with Crippen molar-refractivity contribution in [2.75, 3.05) is 18.0 Å². The maximum atomic E-state index is 12.2. The van der Waals surface area contributed by atoms with Crippen LogP contribution in [-0.2, 0) is 9.59 Å². The smallest absolute Gasteiger partial charge is 0.240 e. The molecule has 5 heteroatoms. The van der Waals surface area contributed by atoms with E-state index in [1.807, 2.05) is 24.3 Å². The molecule has 1 aromatic carbocycles. The number of anilines is 1. The molecule has 1 heterocycles. The molecule has 5 nitrogen and oxygen atoms in total. The fraction of sp³-hybridized carbons (Fsp3) is 0.429. The molecule has 0 radical (unpaired) electrons. The number of nitrogens with one attached hydrogen (secondary N) is 1. The van der Waals surface area contributed by atoms with E-state index in [2.05, 4.69) is 5.32 Å². The zero-order chi connectivity index (χ0) is 13.4. The van der Waals surface area contributed by atoms with E-state index in [1.165, 1.54) is 12.8 Å². The Balaban J connectivity index is 2.01. The zero-order valence-electron chi connectivity index (χ0n) is 10.6. The van der Waals surface area contributed by atoms with Gasteiger partial charge in [-0.3, -0.25) is 14.9 Å². The number of hydrogen-bond acceptors (Lipinski definition) is 3. The molecule has 3 N–H and O–H groups in total. The average Bonchev–Trinajstić information content (AvgIpc) is 3.20. The number of benzene rings is 1. The number of nitrogens with two attached hydrogens (primary N) is 1. The largest absolute Gasteiger partial charge is 0.368 e. The van der Waals surface area contributed by atoms with Crippen molar-refractivity contribution in [1.29, 1.82) is 0 Å². The minimum absolute atomic E-state index is 0.00287. The number of primary amides is 1. The SMILES string of the molecule is NC(=O)C1NCC(=O)N(CC2CC2)c2ccccc21. The maximum Gasteiger partial charge on any atom is 0.240 e. The summed E-state index contributed by atoms with van der Waals surface area (Å²) in [5.41, 5.74) is 7.03. The normalized spacial score (nSPS) is 22.8. The first kappa shape index (κ1) is 12.2. The lowest BCUT2D eigenvalue weighted by Crippen LogP contribution is -2.39. The lowest BCUT2D eigenvalue weighted by atomic mass is 10.0.